The Labute approximate surface area is 136 Å². The molecule has 1 aromatic carbocycles. The molecule has 0 N–H and O–H groups in total. The molecule has 2 rings (SSSR count). The van der Waals surface area contributed by atoms with Crippen LogP contribution in [0.2, 0.25) is 0 Å². The van der Waals surface area contributed by atoms with Crippen LogP contribution in [0, 0.1) is 0 Å². The van der Waals surface area contributed by atoms with Crippen LogP contribution in [-0.4, -0.2) is 30.6 Å². The van der Waals surface area contributed by atoms with Gasteiger partial charge in [0.15, 0.2) is 5.79 Å². The van der Waals surface area contributed by atoms with E-state index in [0.717, 1.165) is 5.56 Å². The summed E-state index contributed by atoms with van der Waals surface area (Å²) in [6, 6.07) is 9.47. The van der Waals surface area contributed by atoms with Crippen molar-refractivity contribution in [3.63, 3.8) is 0 Å². The topological polar surface area (TPSA) is 76.5 Å². The van der Waals surface area contributed by atoms with Crippen molar-refractivity contribution in [3.8, 4) is 0 Å². The van der Waals surface area contributed by atoms with E-state index in [1.807, 2.05) is 44.2 Å². The van der Waals surface area contributed by atoms with Crippen LogP contribution in [0.4, 0.5) is 0 Å². The molecule has 0 radical (unpaired) electrons. The van der Waals surface area contributed by atoms with Crippen molar-refractivity contribution < 1.29 is 14.2 Å². The lowest BCUT2D eigenvalue weighted by atomic mass is 10.0. The summed E-state index contributed by atoms with van der Waals surface area (Å²) in [5.41, 5.74) is 9.89. The maximum atomic E-state index is 8.84. The maximum Gasteiger partial charge on any atom is 0.163 e. The minimum Gasteiger partial charge on any atom is -0.370 e. The maximum absolute atomic E-state index is 8.84. The van der Waals surface area contributed by atoms with Gasteiger partial charge in [0.25, 0.3) is 0 Å². The molecule has 1 saturated heterocycles. The molecule has 1 fully saturated rings. The van der Waals surface area contributed by atoms with Gasteiger partial charge in [-0.3, -0.25) is 0 Å². The number of azide groups is 1. The lowest BCUT2D eigenvalue weighted by Crippen LogP contribution is -2.40. The molecular formula is C17H23N3O3. The van der Waals surface area contributed by atoms with Crippen molar-refractivity contribution in [1.29, 1.82) is 0 Å². The summed E-state index contributed by atoms with van der Waals surface area (Å²) in [4.78, 5) is 2.94. The van der Waals surface area contributed by atoms with E-state index in [1.165, 1.54) is 0 Å². The van der Waals surface area contributed by atoms with E-state index < -0.39 is 11.9 Å². The van der Waals surface area contributed by atoms with Gasteiger partial charge < -0.3 is 14.2 Å². The quantitative estimate of drug-likeness (QED) is 0.315. The molecule has 0 aliphatic carbocycles. The zero-order chi connectivity index (χ0) is 16.7. The van der Waals surface area contributed by atoms with Crippen molar-refractivity contribution in [2.24, 2.45) is 5.11 Å². The molecule has 0 spiro atoms. The molecular weight excluding hydrogens is 294 g/mol. The average Bonchev–Trinajstić information content (AvgIpc) is 2.89. The predicted molar refractivity (Wildman–Crippen MR) is 87.7 cm³/mol. The largest absolute Gasteiger partial charge is 0.370 e. The van der Waals surface area contributed by atoms with Gasteiger partial charge in [-0.2, -0.15) is 0 Å². The van der Waals surface area contributed by atoms with Crippen LogP contribution < -0.4 is 0 Å². The lowest BCUT2D eigenvalue weighted by Gasteiger charge is -2.28. The second kappa shape index (κ2) is 8.13. The molecule has 0 unspecified atom stereocenters. The molecule has 0 aromatic heterocycles. The Morgan fingerprint density at radius 3 is 2.78 bits per heavy atom. The number of benzene rings is 1. The minimum absolute atomic E-state index is 0.288. The summed E-state index contributed by atoms with van der Waals surface area (Å²) in [6.45, 7) is 8.27. The van der Waals surface area contributed by atoms with Crippen LogP contribution in [0.15, 0.2) is 48.1 Å². The van der Waals surface area contributed by atoms with E-state index in [1.54, 1.807) is 6.08 Å². The van der Waals surface area contributed by atoms with Gasteiger partial charge in [-0.25, -0.2) is 0 Å². The first-order valence-corrected chi connectivity index (χ1v) is 7.68. The summed E-state index contributed by atoms with van der Waals surface area (Å²) >= 11 is 0. The lowest BCUT2D eigenvalue weighted by molar-refractivity contribution is -0.160. The number of hydrogen-bond donors (Lipinski definition) is 0. The van der Waals surface area contributed by atoms with Crippen molar-refractivity contribution in [1.82, 2.24) is 0 Å². The predicted octanol–water partition coefficient (Wildman–Crippen LogP) is 3.98. The van der Waals surface area contributed by atoms with Gasteiger partial charge in [-0.05, 0) is 31.4 Å². The number of hydrogen-bond acceptors (Lipinski definition) is 4. The molecule has 1 aliphatic rings. The van der Waals surface area contributed by atoms with Gasteiger partial charge in [0.2, 0.25) is 0 Å². The fourth-order valence-corrected chi connectivity index (χ4v) is 2.59. The zero-order valence-corrected chi connectivity index (χ0v) is 13.6. The molecule has 0 bridgehead atoms. The van der Waals surface area contributed by atoms with E-state index in [4.69, 9.17) is 19.7 Å². The normalized spacial score (nSPS) is 22.1. The highest BCUT2D eigenvalue weighted by Gasteiger charge is 2.40. The minimum atomic E-state index is -0.659. The molecule has 0 amide bonds. The van der Waals surface area contributed by atoms with Gasteiger partial charge in [0, 0.05) is 4.91 Å². The molecule has 6 heteroatoms. The zero-order valence-electron chi connectivity index (χ0n) is 13.6. The smallest absolute Gasteiger partial charge is 0.163 e. The molecule has 0 saturated carbocycles. The van der Waals surface area contributed by atoms with Gasteiger partial charge in [-0.15, -0.1) is 6.58 Å². The summed E-state index contributed by atoms with van der Waals surface area (Å²) in [5.74, 6) is -0.659. The highest BCUT2D eigenvalue weighted by Crippen LogP contribution is 2.29. The molecule has 1 aliphatic heterocycles. The molecule has 1 heterocycles. The molecule has 1 aromatic rings. The summed E-state index contributed by atoms with van der Waals surface area (Å²) in [7, 11) is 0. The van der Waals surface area contributed by atoms with E-state index in [0.29, 0.717) is 19.6 Å². The third kappa shape index (κ3) is 5.08. The summed E-state index contributed by atoms with van der Waals surface area (Å²) < 4.78 is 17.6. The Kier molecular flexibility index (Phi) is 6.19. The van der Waals surface area contributed by atoms with E-state index >= 15 is 0 Å². The molecule has 6 nitrogen and oxygen atoms in total. The Balaban J connectivity index is 2.13. The first-order valence-electron chi connectivity index (χ1n) is 7.68. The van der Waals surface area contributed by atoms with Gasteiger partial charge in [-0.1, -0.05) is 41.5 Å². The van der Waals surface area contributed by atoms with Crippen molar-refractivity contribution in [2.45, 2.75) is 50.9 Å². The number of ether oxygens (including phenoxy) is 3. The third-order valence-corrected chi connectivity index (χ3v) is 3.67. The Bertz CT molecular complexity index is 555. The second-order valence-corrected chi connectivity index (χ2v) is 5.92. The van der Waals surface area contributed by atoms with Crippen molar-refractivity contribution >= 4 is 0 Å². The highest BCUT2D eigenvalue weighted by molar-refractivity contribution is 5.13. The molecule has 124 valence electrons. The molecule has 23 heavy (non-hydrogen) atoms. The van der Waals surface area contributed by atoms with Crippen LogP contribution in [0.5, 0.6) is 0 Å². The Morgan fingerprint density at radius 1 is 1.48 bits per heavy atom. The third-order valence-electron chi connectivity index (χ3n) is 3.67. The van der Waals surface area contributed by atoms with Crippen molar-refractivity contribution in [3.05, 3.63) is 59.0 Å². The SMILES string of the molecule is C=CC[C@H](N=[N+]=[N-])[C@@H](OCc1ccccc1)[C@@H]1COC(C)(C)O1. The van der Waals surface area contributed by atoms with Crippen LogP contribution >= 0.6 is 0 Å². The molecule has 3 atom stereocenters. The van der Waals surface area contributed by atoms with E-state index in [2.05, 4.69) is 16.6 Å². The van der Waals surface area contributed by atoms with Crippen LogP contribution in [0.1, 0.15) is 25.8 Å². The first-order chi connectivity index (χ1) is 11.1. The fourth-order valence-electron chi connectivity index (χ4n) is 2.59. The second-order valence-electron chi connectivity index (χ2n) is 5.92. The summed E-state index contributed by atoms with van der Waals surface area (Å²) in [5, 5.41) is 3.87. The van der Waals surface area contributed by atoms with Crippen LogP contribution in [0.3, 0.4) is 0 Å². The average molecular weight is 317 g/mol. The van der Waals surface area contributed by atoms with Crippen LogP contribution in [0.25, 0.3) is 10.4 Å². The van der Waals surface area contributed by atoms with E-state index in [-0.39, 0.29) is 12.1 Å². The summed E-state index contributed by atoms with van der Waals surface area (Å²) in [6.07, 6.45) is 1.55. The van der Waals surface area contributed by atoms with Gasteiger partial charge >= 0.3 is 0 Å². The monoisotopic (exact) mass is 317 g/mol. The number of rotatable bonds is 8. The number of nitrogens with zero attached hydrogens (tertiary/aromatic N) is 3. The fraction of sp³-hybridized carbons (Fsp3) is 0.529. The Hall–Kier alpha value is -1.85. The standard InChI is InChI=1S/C17H23N3O3/c1-4-8-14(19-20-18)16(15-12-22-17(2,3)23-15)21-11-13-9-6-5-7-10-13/h4-7,9-10,14-16H,1,8,11-12H2,2-3H3/t14-,15-,16+/m0/s1. The first kappa shape index (κ1) is 17.5. The Morgan fingerprint density at radius 2 is 2.22 bits per heavy atom. The van der Waals surface area contributed by atoms with Crippen molar-refractivity contribution in [2.75, 3.05) is 6.61 Å². The van der Waals surface area contributed by atoms with Gasteiger partial charge in [0.1, 0.15) is 6.10 Å². The highest BCUT2D eigenvalue weighted by atomic mass is 16.7. The van der Waals surface area contributed by atoms with E-state index in [9.17, 15) is 0 Å². The van der Waals surface area contributed by atoms with Crippen LogP contribution in [-0.2, 0) is 20.8 Å². The van der Waals surface area contributed by atoms with Gasteiger partial charge in [0.05, 0.1) is 25.4 Å².